The molecule has 0 radical (unpaired) electrons. The van der Waals surface area contributed by atoms with Crippen molar-refractivity contribution in [1.29, 1.82) is 0 Å². The van der Waals surface area contributed by atoms with Crippen LogP contribution in [0.1, 0.15) is 30.4 Å². The van der Waals surface area contributed by atoms with E-state index in [0.29, 0.717) is 18.9 Å². The average Bonchev–Trinajstić information content (AvgIpc) is 2.59. The van der Waals surface area contributed by atoms with Crippen molar-refractivity contribution in [1.82, 2.24) is 5.43 Å². The van der Waals surface area contributed by atoms with Crippen LogP contribution in [0.4, 0.5) is 24.5 Å². The summed E-state index contributed by atoms with van der Waals surface area (Å²) in [4.78, 5) is 22.9. The van der Waals surface area contributed by atoms with E-state index in [2.05, 4.69) is 10.9 Å². The summed E-state index contributed by atoms with van der Waals surface area (Å²) in [6, 6.07) is 11.2. The Morgan fingerprint density at radius 2 is 1.78 bits per heavy atom. The maximum atomic E-state index is 12.8. The zero-order valence-electron chi connectivity index (χ0n) is 14.0. The SMILES string of the molecule is O=C(NNc1ccc(C(F)(F)F)cc1[N+](=O)[O-])C1(c2ccccc2)CCC1. The van der Waals surface area contributed by atoms with Gasteiger partial charge in [-0.2, -0.15) is 13.2 Å². The molecule has 2 aromatic carbocycles. The molecule has 142 valence electrons. The smallest absolute Gasteiger partial charge is 0.292 e. The van der Waals surface area contributed by atoms with Gasteiger partial charge in [0.25, 0.3) is 5.69 Å². The molecule has 27 heavy (non-hydrogen) atoms. The quantitative estimate of drug-likeness (QED) is 0.603. The summed E-state index contributed by atoms with van der Waals surface area (Å²) in [7, 11) is 0. The second kappa shape index (κ2) is 6.90. The molecule has 9 heteroatoms. The van der Waals surface area contributed by atoms with Crippen molar-refractivity contribution in [3.8, 4) is 0 Å². The summed E-state index contributed by atoms with van der Waals surface area (Å²) < 4.78 is 38.3. The lowest BCUT2D eigenvalue weighted by atomic mass is 9.64. The van der Waals surface area contributed by atoms with E-state index in [1.54, 1.807) is 0 Å². The zero-order valence-corrected chi connectivity index (χ0v) is 14.0. The number of hydrogen-bond acceptors (Lipinski definition) is 4. The van der Waals surface area contributed by atoms with Crippen molar-refractivity contribution in [3.05, 3.63) is 69.8 Å². The molecule has 1 aliphatic rings. The molecular weight excluding hydrogens is 363 g/mol. The number of hydrazine groups is 1. The Bertz CT molecular complexity index is 865. The number of anilines is 1. The van der Waals surface area contributed by atoms with Crippen LogP contribution in [0, 0.1) is 10.1 Å². The third kappa shape index (κ3) is 3.57. The van der Waals surface area contributed by atoms with Gasteiger partial charge in [0.15, 0.2) is 0 Å². The number of alkyl halides is 3. The molecule has 0 aromatic heterocycles. The number of nitro benzene ring substituents is 1. The van der Waals surface area contributed by atoms with Crippen molar-refractivity contribution < 1.29 is 22.9 Å². The standard InChI is InChI=1S/C18H16F3N3O3/c19-18(20,21)13-7-8-14(15(11-13)24(26)27)22-23-16(25)17(9-4-10-17)12-5-2-1-3-6-12/h1-3,5-8,11,22H,4,9-10H2,(H,23,25). The van der Waals surface area contributed by atoms with Crippen LogP contribution in [0.25, 0.3) is 0 Å². The van der Waals surface area contributed by atoms with E-state index in [4.69, 9.17) is 0 Å². The molecule has 2 N–H and O–H groups in total. The number of nitrogens with one attached hydrogen (secondary N) is 2. The molecule has 0 spiro atoms. The molecule has 1 aliphatic carbocycles. The van der Waals surface area contributed by atoms with Crippen LogP contribution in [-0.2, 0) is 16.4 Å². The predicted molar refractivity (Wildman–Crippen MR) is 91.8 cm³/mol. The number of hydrogen-bond donors (Lipinski definition) is 2. The molecule has 0 saturated heterocycles. The average molecular weight is 379 g/mol. The van der Waals surface area contributed by atoms with Gasteiger partial charge in [-0.25, -0.2) is 0 Å². The van der Waals surface area contributed by atoms with Gasteiger partial charge >= 0.3 is 6.18 Å². The molecular formula is C18H16F3N3O3. The van der Waals surface area contributed by atoms with Gasteiger partial charge in [0.2, 0.25) is 5.91 Å². The third-order valence-electron chi connectivity index (χ3n) is 4.80. The highest BCUT2D eigenvalue weighted by atomic mass is 19.4. The Labute approximate surface area is 152 Å². The number of nitrogens with zero attached hydrogens (tertiary/aromatic N) is 1. The third-order valence-corrected chi connectivity index (χ3v) is 4.80. The number of rotatable bonds is 5. The second-order valence-electron chi connectivity index (χ2n) is 6.37. The first kappa shape index (κ1) is 18.7. The molecule has 3 rings (SSSR count). The summed E-state index contributed by atoms with van der Waals surface area (Å²) in [6.07, 6.45) is -2.59. The van der Waals surface area contributed by atoms with Gasteiger partial charge in [0.1, 0.15) is 5.69 Å². The maximum absolute atomic E-state index is 12.8. The van der Waals surface area contributed by atoms with E-state index in [0.717, 1.165) is 24.1 Å². The van der Waals surface area contributed by atoms with Crippen LogP contribution >= 0.6 is 0 Å². The Morgan fingerprint density at radius 1 is 1.11 bits per heavy atom. The molecule has 1 amide bonds. The lowest BCUT2D eigenvalue weighted by Crippen LogP contribution is -2.50. The van der Waals surface area contributed by atoms with Crippen molar-refractivity contribution in [2.75, 3.05) is 5.43 Å². The first-order valence-corrected chi connectivity index (χ1v) is 8.22. The highest BCUT2D eigenvalue weighted by molar-refractivity contribution is 5.90. The lowest BCUT2D eigenvalue weighted by molar-refractivity contribution is -0.384. The normalized spacial score (nSPS) is 15.5. The van der Waals surface area contributed by atoms with Crippen molar-refractivity contribution in [2.45, 2.75) is 30.9 Å². The molecule has 0 heterocycles. The van der Waals surface area contributed by atoms with Crippen LogP contribution in [0.3, 0.4) is 0 Å². The Kier molecular flexibility index (Phi) is 4.77. The van der Waals surface area contributed by atoms with Crippen LogP contribution in [0.5, 0.6) is 0 Å². The Balaban J connectivity index is 1.80. The van der Waals surface area contributed by atoms with E-state index < -0.39 is 27.8 Å². The predicted octanol–water partition coefficient (Wildman–Crippen LogP) is 4.18. The van der Waals surface area contributed by atoms with Gasteiger partial charge in [0.05, 0.1) is 15.9 Å². The number of carbonyl (C=O) groups is 1. The molecule has 0 bridgehead atoms. The van der Waals surface area contributed by atoms with Gasteiger partial charge in [0, 0.05) is 6.07 Å². The summed E-state index contributed by atoms with van der Waals surface area (Å²) in [5.41, 5.74) is 2.79. The zero-order chi connectivity index (χ0) is 19.7. The molecule has 1 saturated carbocycles. The summed E-state index contributed by atoms with van der Waals surface area (Å²) in [6.45, 7) is 0. The van der Waals surface area contributed by atoms with Crippen LogP contribution in [0.15, 0.2) is 48.5 Å². The second-order valence-corrected chi connectivity index (χ2v) is 6.37. The number of benzene rings is 2. The minimum absolute atomic E-state index is 0.219. The fourth-order valence-electron chi connectivity index (χ4n) is 3.14. The topological polar surface area (TPSA) is 84.3 Å². The first-order valence-electron chi connectivity index (χ1n) is 8.22. The van der Waals surface area contributed by atoms with Crippen molar-refractivity contribution in [2.24, 2.45) is 0 Å². The summed E-state index contributed by atoms with van der Waals surface area (Å²) in [5, 5.41) is 11.1. The Hall–Kier alpha value is -3.10. The van der Waals surface area contributed by atoms with Crippen molar-refractivity contribution in [3.63, 3.8) is 0 Å². The largest absolute Gasteiger partial charge is 0.416 e. The summed E-state index contributed by atoms with van der Waals surface area (Å²) >= 11 is 0. The monoisotopic (exact) mass is 379 g/mol. The van der Waals surface area contributed by atoms with E-state index in [1.165, 1.54) is 0 Å². The summed E-state index contributed by atoms with van der Waals surface area (Å²) in [5.74, 6) is -0.380. The molecule has 2 aromatic rings. The fourth-order valence-corrected chi connectivity index (χ4v) is 3.14. The van der Waals surface area contributed by atoms with E-state index in [-0.39, 0.29) is 11.6 Å². The van der Waals surface area contributed by atoms with Crippen molar-refractivity contribution >= 4 is 17.3 Å². The Morgan fingerprint density at radius 3 is 2.30 bits per heavy atom. The number of nitro groups is 1. The first-order chi connectivity index (χ1) is 12.7. The van der Waals surface area contributed by atoms with Gasteiger partial charge < -0.3 is 0 Å². The van der Waals surface area contributed by atoms with Gasteiger partial charge in [-0.15, -0.1) is 0 Å². The van der Waals surface area contributed by atoms with Gasteiger partial charge in [-0.1, -0.05) is 36.8 Å². The van der Waals surface area contributed by atoms with Crippen LogP contribution in [-0.4, -0.2) is 10.8 Å². The van der Waals surface area contributed by atoms with E-state index in [9.17, 15) is 28.1 Å². The lowest BCUT2D eigenvalue weighted by Gasteiger charge is -2.40. The van der Waals surface area contributed by atoms with Crippen LogP contribution < -0.4 is 10.9 Å². The number of halogens is 3. The molecule has 0 aliphatic heterocycles. The molecule has 0 atom stereocenters. The minimum Gasteiger partial charge on any atom is -0.292 e. The molecule has 1 fully saturated rings. The minimum atomic E-state index is -4.70. The van der Waals surface area contributed by atoms with E-state index in [1.807, 2.05) is 30.3 Å². The van der Waals surface area contributed by atoms with Gasteiger partial charge in [-0.3, -0.25) is 25.8 Å². The molecule has 0 unspecified atom stereocenters. The highest BCUT2D eigenvalue weighted by Crippen LogP contribution is 2.44. The number of amides is 1. The van der Waals surface area contributed by atoms with Gasteiger partial charge in [-0.05, 0) is 30.5 Å². The highest BCUT2D eigenvalue weighted by Gasteiger charge is 2.45. The van der Waals surface area contributed by atoms with E-state index >= 15 is 0 Å². The fraction of sp³-hybridized carbons (Fsp3) is 0.278. The maximum Gasteiger partial charge on any atom is 0.416 e. The molecule has 6 nitrogen and oxygen atoms in total. The van der Waals surface area contributed by atoms with Crippen LogP contribution in [0.2, 0.25) is 0 Å². The number of carbonyl (C=O) groups excluding carboxylic acids is 1.